The van der Waals surface area contributed by atoms with Crippen molar-refractivity contribution >= 4 is 40.6 Å². The van der Waals surface area contributed by atoms with E-state index >= 15 is 0 Å². The molecule has 2 N–H and O–H groups in total. The topological polar surface area (TPSA) is 94.9 Å². The van der Waals surface area contributed by atoms with Gasteiger partial charge in [-0.05, 0) is 30.3 Å². The van der Waals surface area contributed by atoms with Crippen LogP contribution in [0.1, 0.15) is 30.6 Å². The first-order valence-corrected chi connectivity index (χ1v) is 9.62. The first-order valence-electron chi connectivity index (χ1n) is 7.99. The van der Waals surface area contributed by atoms with Crippen LogP contribution >= 0.6 is 23.1 Å². The molecule has 132 valence electrons. The van der Waals surface area contributed by atoms with Gasteiger partial charge in [-0.25, -0.2) is 4.98 Å². The van der Waals surface area contributed by atoms with Gasteiger partial charge in [0.25, 0.3) is 11.8 Å². The number of nitrogens with one attached hydrogen (secondary N) is 2. The molecular weight excluding hydrogens is 380 g/mol. The summed E-state index contributed by atoms with van der Waals surface area (Å²) in [5.41, 5.74) is 1.67. The SMILES string of the molecule is N#Cc1ncc(CNC(=O)c2ccc3c(c2)NC(=O)c2ccccc2S3)s1. The van der Waals surface area contributed by atoms with E-state index in [2.05, 4.69) is 15.6 Å². The highest BCUT2D eigenvalue weighted by Crippen LogP contribution is 2.38. The number of carbonyl (C=O) groups excluding carboxylic acids is 2. The molecule has 2 amide bonds. The molecular formula is C19H12N4O2S2. The minimum absolute atomic E-state index is 0.192. The maximum atomic E-state index is 12.5. The second-order valence-electron chi connectivity index (χ2n) is 5.69. The van der Waals surface area contributed by atoms with E-state index in [0.717, 1.165) is 14.7 Å². The number of thiazole rings is 1. The zero-order chi connectivity index (χ0) is 18.8. The number of carbonyl (C=O) groups is 2. The number of fused-ring (bicyclic) bond motifs is 2. The third kappa shape index (κ3) is 3.56. The molecule has 1 aliphatic rings. The fourth-order valence-electron chi connectivity index (χ4n) is 2.62. The fraction of sp³-hybridized carbons (Fsp3) is 0.0526. The van der Waals surface area contributed by atoms with E-state index in [0.29, 0.717) is 28.4 Å². The standard InChI is InChI=1S/C19H12N4O2S2/c20-8-17-21-9-12(26-17)10-22-18(24)11-5-6-16-14(7-11)23-19(25)13-3-1-2-4-15(13)27-16/h1-7,9H,10H2,(H,22,24)(H,23,25). The number of anilines is 1. The molecule has 1 aliphatic heterocycles. The van der Waals surface area contributed by atoms with Crippen molar-refractivity contribution in [2.45, 2.75) is 16.3 Å². The number of amides is 2. The molecule has 0 fully saturated rings. The molecule has 27 heavy (non-hydrogen) atoms. The van der Waals surface area contributed by atoms with Crippen LogP contribution in [0.3, 0.4) is 0 Å². The summed E-state index contributed by atoms with van der Waals surface area (Å²) in [6, 6.07) is 14.6. The highest BCUT2D eigenvalue weighted by atomic mass is 32.2. The van der Waals surface area contributed by atoms with Crippen LogP contribution in [0.2, 0.25) is 0 Å². The Labute approximate surface area is 163 Å². The Bertz CT molecular complexity index is 1100. The van der Waals surface area contributed by atoms with Crippen LogP contribution in [-0.4, -0.2) is 16.8 Å². The Hall–Kier alpha value is -3.15. The lowest BCUT2D eigenvalue weighted by molar-refractivity contribution is 0.0949. The molecule has 2 heterocycles. The summed E-state index contributed by atoms with van der Waals surface area (Å²) < 4.78 is 0. The van der Waals surface area contributed by atoms with Gasteiger partial charge < -0.3 is 10.6 Å². The maximum absolute atomic E-state index is 12.5. The molecule has 1 aromatic heterocycles. The number of aromatic nitrogens is 1. The Kier molecular flexibility index (Phi) is 4.62. The lowest BCUT2D eigenvalue weighted by atomic mass is 10.1. The van der Waals surface area contributed by atoms with Crippen molar-refractivity contribution in [1.29, 1.82) is 5.26 Å². The van der Waals surface area contributed by atoms with Gasteiger partial charge in [0.1, 0.15) is 6.07 Å². The largest absolute Gasteiger partial charge is 0.347 e. The van der Waals surface area contributed by atoms with Gasteiger partial charge in [0.05, 0.1) is 17.8 Å². The van der Waals surface area contributed by atoms with Crippen LogP contribution in [0.15, 0.2) is 58.5 Å². The number of rotatable bonds is 3. The van der Waals surface area contributed by atoms with E-state index < -0.39 is 0 Å². The zero-order valence-corrected chi connectivity index (χ0v) is 15.5. The molecule has 8 heteroatoms. The smallest absolute Gasteiger partial charge is 0.256 e. The van der Waals surface area contributed by atoms with Crippen molar-refractivity contribution in [2.24, 2.45) is 0 Å². The zero-order valence-electron chi connectivity index (χ0n) is 13.9. The normalized spacial score (nSPS) is 12.2. The molecule has 0 spiro atoms. The lowest BCUT2D eigenvalue weighted by Gasteiger charge is -2.09. The van der Waals surface area contributed by atoms with Crippen molar-refractivity contribution in [3.63, 3.8) is 0 Å². The van der Waals surface area contributed by atoms with Gasteiger partial charge in [0.2, 0.25) is 0 Å². The van der Waals surface area contributed by atoms with Crippen LogP contribution in [0, 0.1) is 11.3 Å². The second-order valence-corrected chi connectivity index (χ2v) is 7.89. The van der Waals surface area contributed by atoms with E-state index in [1.807, 2.05) is 30.3 Å². The molecule has 0 atom stereocenters. The Morgan fingerprint density at radius 2 is 2.07 bits per heavy atom. The first kappa shape index (κ1) is 17.3. The van der Waals surface area contributed by atoms with E-state index in [1.165, 1.54) is 23.1 Å². The second kappa shape index (κ2) is 7.23. The summed E-state index contributed by atoms with van der Waals surface area (Å²) in [6.45, 7) is 0.293. The summed E-state index contributed by atoms with van der Waals surface area (Å²) in [6.07, 6.45) is 1.58. The number of nitrogens with zero attached hydrogens (tertiary/aromatic N) is 2. The number of nitriles is 1. The van der Waals surface area contributed by atoms with Gasteiger partial charge in [-0.2, -0.15) is 5.26 Å². The summed E-state index contributed by atoms with van der Waals surface area (Å²) >= 11 is 2.73. The van der Waals surface area contributed by atoms with Crippen LogP contribution in [0.25, 0.3) is 0 Å². The third-order valence-electron chi connectivity index (χ3n) is 3.91. The van der Waals surface area contributed by atoms with Crippen molar-refractivity contribution < 1.29 is 9.59 Å². The van der Waals surface area contributed by atoms with E-state index in [1.54, 1.807) is 24.4 Å². The van der Waals surface area contributed by atoms with E-state index in [-0.39, 0.29) is 11.8 Å². The molecule has 3 aromatic rings. The van der Waals surface area contributed by atoms with E-state index in [4.69, 9.17) is 5.26 Å². The molecule has 0 saturated carbocycles. The summed E-state index contributed by atoms with van der Waals surface area (Å²) in [5, 5.41) is 14.8. The quantitative estimate of drug-likeness (QED) is 0.709. The van der Waals surface area contributed by atoms with E-state index in [9.17, 15) is 9.59 Å². The molecule has 0 aliphatic carbocycles. The Balaban J connectivity index is 1.53. The molecule has 6 nitrogen and oxygen atoms in total. The van der Waals surface area contributed by atoms with Crippen molar-refractivity contribution in [2.75, 3.05) is 5.32 Å². The third-order valence-corrected chi connectivity index (χ3v) is 5.97. The Morgan fingerprint density at radius 3 is 2.89 bits per heavy atom. The number of hydrogen-bond donors (Lipinski definition) is 2. The van der Waals surface area contributed by atoms with Crippen molar-refractivity contribution in [1.82, 2.24) is 10.3 Å². The monoisotopic (exact) mass is 392 g/mol. The van der Waals surface area contributed by atoms with Crippen LogP contribution in [0.4, 0.5) is 5.69 Å². The van der Waals surface area contributed by atoms with Gasteiger partial charge in [0, 0.05) is 26.4 Å². The Morgan fingerprint density at radius 1 is 1.22 bits per heavy atom. The van der Waals surface area contributed by atoms with Gasteiger partial charge in [-0.1, -0.05) is 23.9 Å². The number of benzene rings is 2. The predicted molar refractivity (Wildman–Crippen MR) is 103 cm³/mol. The average molecular weight is 392 g/mol. The molecule has 0 radical (unpaired) electrons. The van der Waals surface area contributed by atoms with Crippen LogP contribution in [0.5, 0.6) is 0 Å². The van der Waals surface area contributed by atoms with Gasteiger partial charge in [0.15, 0.2) is 5.01 Å². The fourth-order valence-corrected chi connectivity index (χ4v) is 4.28. The average Bonchev–Trinajstić information content (AvgIpc) is 3.10. The summed E-state index contributed by atoms with van der Waals surface area (Å²) in [4.78, 5) is 31.4. The van der Waals surface area contributed by atoms with Crippen molar-refractivity contribution in [3.8, 4) is 6.07 Å². The molecule has 4 rings (SSSR count). The van der Waals surface area contributed by atoms with Crippen LogP contribution in [-0.2, 0) is 6.54 Å². The lowest BCUT2D eigenvalue weighted by Crippen LogP contribution is -2.22. The molecule has 0 bridgehead atoms. The number of hydrogen-bond acceptors (Lipinski definition) is 6. The minimum Gasteiger partial charge on any atom is -0.347 e. The molecule has 0 saturated heterocycles. The van der Waals surface area contributed by atoms with Gasteiger partial charge in [-0.3, -0.25) is 9.59 Å². The predicted octanol–water partition coefficient (Wildman–Crippen LogP) is 3.66. The highest BCUT2D eigenvalue weighted by Gasteiger charge is 2.20. The minimum atomic E-state index is -0.259. The maximum Gasteiger partial charge on any atom is 0.256 e. The van der Waals surface area contributed by atoms with Crippen LogP contribution < -0.4 is 10.6 Å². The van der Waals surface area contributed by atoms with Gasteiger partial charge in [-0.15, -0.1) is 11.3 Å². The molecule has 2 aromatic carbocycles. The molecule has 0 unspecified atom stereocenters. The highest BCUT2D eigenvalue weighted by molar-refractivity contribution is 7.99. The van der Waals surface area contributed by atoms with Gasteiger partial charge >= 0.3 is 0 Å². The summed E-state index contributed by atoms with van der Waals surface area (Å²) in [5.74, 6) is -0.450. The summed E-state index contributed by atoms with van der Waals surface area (Å²) in [7, 11) is 0. The first-order chi connectivity index (χ1) is 13.1. The van der Waals surface area contributed by atoms with Crippen molar-refractivity contribution in [3.05, 3.63) is 69.7 Å².